The zero-order chi connectivity index (χ0) is 14.3. The first kappa shape index (κ1) is 13.6. The fourth-order valence-corrected chi connectivity index (χ4v) is 3.39. The smallest absolute Gasteiger partial charge is 0.113 e. The normalized spacial score (nSPS) is 24.2. The van der Waals surface area contributed by atoms with E-state index < -0.39 is 0 Å². The second-order valence-electron chi connectivity index (χ2n) is 6.96. The minimum absolute atomic E-state index is 0.0208. The van der Waals surface area contributed by atoms with Gasteiger partial charge in [-0.25, -0.2) is 4.98 Å². The van der Waals surface area contributed by atoms with Crippen LogP contribution in [0.5, 0.6) is 0 Å². The Morgan fingerprint density at radius 1 is 1.30 bits per heavy atom. The Labute approximate surface area is 120 Å². The van der Waals surface area contributed by atoms with Crippen molar-refractivity contribution in [1.82, 2.24) is 14.5 Å². The van der Waals surface area contributed by atoms with Crippen molar-refractivity contribution >= 4 is 11.0 Å². The van der Waals surface area contributed by atoms with Crippen LogP contribution < -0.4 is 5.73 Å². The summed E-state index contributed by atoms with van der Waals surface area (Å²) >= 11 is 0. The molecule has 0 spiro atoms. The summed E-state index contributed by atoms with van der Waals surface area (Å²) in [5.41, 5.74) is 8.37. The highest BCUT2D eigenvalue weighted by molar-refractivity contribution is 5.75. The maximum atomic E-state index is 6.17. The summed E-state index contributed by atoms with van der Waals surface area (Å²) < 4.78 is 2.38. The molecule has 2 heterocycles. The molecule has 0 saturated heterocycles. The fourth-order valence-electron chi connectivity index (χ4n) is 3.39. The molecule has 4 heteroatoms. The monoisotopic (exact) mass is 272 g/mol. The molecular weight excluding hydrogens is 248 g/mol. The van der Waals surface area contributed by atoms with E-state index in [0.29, 0.717) is 12.0 Å². The van der Waals surface area contributed by atoms with Crippen molar-refractivity contribution in [2.75, 3.05) is 0 Å². The molecule has 1 aliphatic rings. The van der Waals surface area contributed by atoms with Gasteiger partial charge >= 0.3 is 0 Å². The summed E-state index contributed by atoms with van der Waals surface area (Å²) in [5, 5.41) is 0. The highest BCUT2D eigenvalue weighted by atomic mass is 15.1. The average molecular weight is 272 g/mol. The zero-order valence-corrected chi connectivity index (χ0v) is 12.6. The zero-order valence-electron chi connectivity index (χ0n) is 12.6. The van der Waals surface area contributed by atoms with Crippen molar-refractivity contribution in [3.8, 4) is 0 Å². The van der Waals surface area contributed by atoms with Crippen molar-refractivity contribution < 1.29 is 0 Å². The third-order valence-electron chi connectivity index (χ3n) is 4.23. The van der Waals surface area contributed by atoms with E-state index in [1.807, 2.05) is 12.4 Å². The molecule has 0 aliphatic heterocycles. The summed E-state index contributed by atoms with van der Waals surface area (Å²) in [4.78, 5) is 9.09. The first-order valence-corrected chi connectivity index (χ1v) is 7.55. The van der Waals surface area contributed by atoms with Crippen LogP contribution in [0.25, 0.3) is 11.0 Å². The molecule has 2 aromatic heterocycles. The Kier molecular flexibility index (Phi) is 3.28. The second kappa shape index (κ2) is 4.85. The Morgan fingerprint density at radius 2 is 2.10 bits per heavy atom. The number of hydrogen-bond acceptors (Lipinski definition) is 3. The van der Waals surface area contributed by atoms with E-state index in [0.717, 1.165) is 18.4 Å². The summed E-state index contributed by atoms with van der Waals surface area (Å²) in [7, 11) is 0. The summed E-state index contributed by atoms with van der Waals surface area (Å²) in [6.07, 6.45) is 8.31. The van der Waals surface area contributed by atoms with Crippen molar-refractivity contribution in [3.63, 3.8) is 0 Å². The molecule has 20 heavy (non-hydrogen) atoms. The molecule has 2 unspecified atom stereocenters. The van der Waals surface area contributed by atoms with E-state index in [9.17, 15) is 0 Å². The Balaban J connectivity index is 2.14. The number of rotatable bonds is 1. The van der Waals surface area contributed by atoms with Gasteiger partial charge in [0.15, 0.2) is 0 Å². The largest absolute Gasteiger partial charge is 0.328 e. The minimum atomic E-state index is 0.0208. The Hall–Kier alpha value is -1.42. The lowest BCUT2D eigenvalue weighted by Gasteiger charge is -2.31. The first-order valence-electron chi connectivity index (χ1n) is 7.55. The van der Waals surface area contributed by atoms with Crippen LogP contribution in [0.2, 0.25) is 0 Å². The van der Waals surface area contributed by atoms with E-state index >= 15 is 0 Å². The van der Waals surface area contributed by atoms with E-state index in [2.05, 4.69) is 36.4 Å². The molecule has 4 nitrogen and oxygen atoms in total. The molecule has 2 aromatic rings. The van der Waals surface area contributed by atoms with Gasteiger partial charge in [-0.15, -0.1) is 0 Å². The minimum Gasteiger partial charge on any atom is -0.328 e. The van der Waals surface area contributed by atoms with Crippen molar-refractivity contribution in [2.45, 2.75) is 64.0 Å². The van der Waals surface area contributed by atoms with E-state index in [1.54, 1.807) is 0 Å². The van der Waals surface area contributed by atoms with Crippen LogP contribution in [0.3, 0.4) is 0 Å². The quantitative estimate of drug-likeness (QED) is 0.867. The average Bonchev–Trinajstić information content (AvgIpc) is 2.77. The van der Waals surface area contributed by atoms with Crippen molar-refractivity contribution in [3.05, 3.63) is 24.3 Å². The molecule has 1 fully saturated rings. The maximum absolute atomic E-state index is 6.17. The van der Waals surface area contributed by atoms with Crippen LogP contribution in [0.15, 0.2) is 18.5 Å². The first-order chi connectivity index (χ1) is 9.47. The molecule has 0 amide bonds. The SMILES string of the molecule is CC(C)(C)n1c(C2CCCC(N)C2)nc2cnccc21. The third-order valence-corrected chi connectivity index (χ3v) is 4.23. The van der Waals surface area contributed by atoms with Crippen LogP contribution in [0.4, 0.5) is 0 Å². The molecule has 1 aliphatic carbocycles. The number of nitrogens with two attached hydrogens (primary N) is 1. The van der Waals surface area contributed by atoms with Crippen LogP contribution >= 0.6 is 0 Å². The predicted octanol–water partition coefficient (Wildman–Crippen LogP) is 3.17. The Morgan fingerprint density at radius 3 is 2.80 bits per heavy atom. The second-order valence-corrected chi connectivity index (χ2v) is 6.96. The number of nitrogens with zero attached hydrogens (tertiary/aromatic N) is 3. The number of imidazole rings is 1. The molecule has 0 radical (unpaired) electrons. The predicted molar refractivity (Wildman–Crippen MR) is 81.7 cm³/mol. The Bertz CT molecular complexity index is 608. The number of pyridine rings is 1. The number of hydrogen-bond donors (Lipinski definition) is 1. The van der Waals surface area contributed by atoms with E-state index in [-0.39, 0.29) is 5.54 Å². The molecule has 2 atom stereocenters. The van der Waals surface area contributed by atoms with Gasteiger partial charge in [-0.1, -0.05) is 6.42 Å². The highest BCUT2D eigenvalue weighted by Gasteiger charge is 2.29. The van der Waals surface area contributed by atoms with Gasteiger partial charge in [0.2, 0.25) is 0 Å². The van der Waals surface area contributed by atoms with Crippen LogP contribution in [-0.2, 0) is 5.54 Å². The number of aromatic nitrogens is 3. The molecule has 108 valence electrons. The lowest BCUT2D eigenvalue weighted by Crippen LogP contribution is -2.31. The van der Waals surface area contributed by atoms with E-state index in [4.69, 9.17) is 10.7 Å². The summed E-state index contributed by atoms with van der Waals surface area (Å²) in [6.45, 7) is 6.71. The summed E-state index contributed by atoms with van der Waals surface area (Å²) in [5.74, 6) is 1.67. The molecular formula is C16H24N4. The lowest BCUT2D eigenvalue weighted by molar-refractivity contribution is 0.336. The van der Waals surface area contributed by atoms with Gasteiger partial charge < -0.3 is 10.3 Å². The molecule has 0 bridgehead atoms. The van der Waals surface area contributed by atoms with Crippen LogP contribution in [-0.4, -0.2) is 20.6 Å². The summed E-state index contributed by atoms with van der Waals surface area (Å²) in [6, 6.07) is 2.39. The fraction of sp³-hybridized carbons (Fsp3) is 0.625. The van der Waals surface area contributed by atoms with E-state index in [1.165, 1.54) is 24.2 Å². The van der Waals surface area contributed by atoms with Crippen LogP contribution in [0.1, 0.15) is 58.2 Å². The van der Waals surface area contributed by atoms with Gasteiger partial charge in [-0.05, 0) is 46.1 Å². The standard InChI is InChI=1S/C16H24N4/c1-16(2,3)20-14-7-8-18-10-13(14)19-15(20)11-5-4-6-12(17)9-11/h7-8,10-12H,4-6,9,17H2,1-3H3. The lowest BCUT2D eigenvalue weighted by atomic mass is 9.85. The van der Waals surface area contributed by atoms with Gasteiger partial charge in [-0.3, -0.25) is 4.98 Å². The van der Waals surface area contributed by atoms with Crippen molar-refractivity contribution in [2.24, 2.45) is 5.73 Å². The molecule has 3 rings (SSSR count). The highest BCUT2D eigenvalue weighted by Crippen LogP contribution is 2.36. The third kappa shape index (κ3) is 2.33. The topological polar surface area (TPSA) is 56.7 Å². The van der Waals surface area contributed by atoms with Gasteiger partial charge in [0.1, 0.15) is 11.3 Å². The number of fused-ring (bicyclic) bond motifs is 1. The molecule has 1 saturated carbocycles. The maximum Gasteiger partial charge on any atom is 0.113 e. The molecule has 0 aromatic carbocycles. The van der Waals surface area contributed by atoms with Crippen molar-refractivity contribution in [1.29, 1.82) is 0 Å². The van der Waals surface area contributed by atoms with Gasteiger partial charge in [0.05, 0.1) is 11.7 Å². The molecule has 2 N–H and O–H groups in total. The van der Waals surface area contributed by atoms with Gasteiger partial charge in [0.25, 0.3) is 0 Å². The van der Waals surface area contributed by atoms with Crippen LogP contribution in [0, 0.1) is 0 Å². The van der Waals surface area contributed by atoms with Gasteiger partial charge in [0, 0.05) is 23.7 Å². The van der Waals surface area contributed by atoms with Gasteiger partial charge in [-0.2, -0.15) is 0 Å².